The molecule has 84 valence electrons. The fourth-order valence-electron chi connectivity index (χ4n) is 1.22. The molecule has 0 saturated carbocycles. The largest absolute Gasteiger partial charge is 0.377 e. The van der Waals surface area contributed by atoms with Crippen molar-refractivity contribution in [2.75, 3.05) is 5.32 Å². The highest BCUT2D eigenvalue weighted by atomic mass is 35.5. The Labute approximate surface area is 96.4 Å². The lowest BCUT2D eigenvalue weighted by Crippen LogP contribution is -2.02. The van der Waals surface area contributed by atoms with Crippen LogP contribution in [0.2, 0.25) is 5.02 Å². The Morgan fingerprint density at radius 2 is 2.25 bits per heavy atom. The van der Waals surface area contributed by atoms with Gasteiger partial charge in [-0.3, -0.25) is 0 Å². The van der Waals surface area contributed by atoms with Gasteiger partial charge in [0.1, 0.15) is 17.2 Å². The Morgan fingerprint density at radius 1 is 1.44 bits per heavy atom. The molecule has 0 amide bonds. The lowest BCUT2D eigenvalue weighted by Gasteiger charge is -2.05. The molecule has 2 rings (SSSR count). The SMILES string of the molecule is Cc1nonc1CNc1ccc(Cl)cc1F. The van der Waals surface area contributed by atoms with Crippen LogP contribution < -0.4 is 5.32 Å². The summed E-state index contributed by atoms with van der Waals surface area (Å²) in [5, 5.41) is 10.6. The van der Waals surface area contributed by atoms with Crippen molar-refractivity contribution in [3.63, 3.8) is 0 Å². The molecule has 0 saturated heterocycles. The van der Waals surface area contributed by atoms with Gasteiger partial charge < -0.3 is 5.32 Å². The molecule has 16 heavy (non-hydrogen) atoms. The first-order chi connectivity index (χ1) is 7.66. The van der Waals surface area contributed by atoms with Crippen molar-refractivity contribution in [2.45, 2.75) is 13.5 Å². The molecule has 1 aromatic carbocycles. The van der Waals surface area contributed by atoms with Crippen LogP contribution in [0.5, 0.6) is 0 Å². The number of rotatable bonds is 3. The molecule has 1 N–H and O–H groups in total. The maximum Gasteiger partial charge on any atom is 0.147 e. The van der Waals surface area contributed by atoms with Crippen LogP contribution in [0.25, 0.3) is 0 Å². The van der Waals surface area contributed by atoms with Crippen LogP contribution >= 0.6 is 11.6 Å². The van der Waals surface area contributed by atoms with E-state index >= 15 is 0 Å². The second kappa shape index (κ2) is 4.49. The predicted molar refractivity (Wildman–Crippen MR) is 57.8 cm³/mol. The average molecular weight is 242 g/mol. The van der Waals surface area contributed by atoms with Gasteiger partial charge in [-0.25, -0.2) is 9.02 Å². The highest BCUT2D eigenvalue weighted by molar-refractivity contribution is 6.30. The summed E-state index contributed by atoms with van der Waals surface area (Å²) in [5.74, 6) is -0.401. The van der Waals surface area contributed by atoms with E-state index in [1.54, 1.807) is 19.1 Å². The van der Waals surface area contributed by atoms with Crippen molar-refractivity contribution in [3.8, 4) is 0 Å². The first kappa shape index (κ1) is 10.9. The van der Waals surface area contributed by atoms with Gasteiger partial charge in [0.15, 0.2) is 0 Å². The van der Waals surface area contributed by atoms with E-state index in [0.29, 0.717) is 28.6 Å². The number of nitrogens with zero attached hydrogens (tertiary/aromatic N) is 2. The minimum absolute atomic E-state index is 0.355. The molecule has 0 radical (unpaired) electrons. The molecule has 0 aliphatic heterocycles. The van der Waals surface area contributed by atoms with Crippen LogP contribution in [0.4, 0.5) is 10.1 Å². The summed E-state index contributed by atoms with van der Waals surface area (Å²) in [5.41, 5.74) is 1.70. The molecule has 0 spiro atoms. The second-order valence-corrected chi connectivity index (χ2v) is 3.71. The van der Waals surface area contributed by atoms with E-state index in [-0.39, 0.29) is 0 Å². The summed E-state index contributed by atoms with van der Waals surface area (Å²) < 4.78 is 17.9. The maximum atomic E-state index is 13.4. The number of aryl methyl sites for hydroxylation is 1. The van der Waals surface area contributed by atoms with Crippen molar-refractivity contribution in [2.24, 2.45) is 0 Å². The Hall–Kier alpha value is -1.62. The molecule has 0 aliphatic rings. The summed E-state index contributed by atoms with van der Waals surface area (Å²) in [6.45, 7) is 2.12. The molecule has 4 nitrogen and oxygen atoms in total. The third-order valence-electron chi connectivity index (χ3n) is 2.12. The molecular formula is C10H9ClFN3O. The third kappa shape index (κ3) is 2.30. The number of nitrogens with one attached hydrogen (secondary N) is 1. The van der Waals surface area contributed by atoms with E-state index in [1.807, 2.05) is 0 Å². The minimum Gasteiger partial charge on any atom is -0.377 e. The Bertz CT molecular complexity index is 501. The third-order valence-corrected chi connectivity index (χ3v) is 2.36. The molecule has 0 atom stereocenters. The molecule has 0 fully saturated rings. The predicted octanol–water partition coefficient (Wildman–Crippen LogP) is 2.78. The van der Waals surface area contributed by atoms with Crippen LogP contribution in [-0.4, -0.2) is 10.3 Å². The van der Waals surface area contributed by atoms with E-state index in [4.69, 9.17) is 11.6 Å². The fourth-order valence-corrected chi connectivity index (χ4v) is 1.38. The number of hydrogen-bond donors (Lipinski definition) is 1. The molecule has 0 bridgehead atoms. The van der Waals surface area contributed by atoms with Gasteiger partial charge in [0.05, 0.1) is 12.2 Å². The van der Waals surface area contributed by atoms with Crippen molar-refractivity contribution in [1.82, 2.24) is 10.3 Å². The van der Waals surface area contributed by atoms with Crippen LogP contribution in [0, 0.1) is 12.7 Å². The van der Waals surface area contributed by atoms with Crippen LogP contribution in [0.15, 0.2) is 22.8 Å². The van der Waals surface area contributed by atoms with Crippen LogP contribution in [-0.2, 0) is 6.54 Å². The van der Waals surface area contributed by atoms with Crippen molar-refractivity contribution < 1.29 is 9.02 Å². The lowest BCUT2D eigenvalue weighted by atomic mass is 10.3. The molecule has 6 heteroatoms. The van der Waals surface area contributed by atoms with Crippen LogP contribution in [0.1, 0.15) is 11.4 Å². The van der Waals surface area contributed by atoms with Gasteiger partial charge in [0.25, 0.3) is 0 Å². The Balaban J connectivity index is 2.08. The van der Waals surface area contributed by atoms with Gasteiger partial charge in [-0.05, 0) is 25.1 Å². The fraction of sp³-hybridized carbons (Fsp3) is 0.200. The van der Waals surface area contributed by atoms with E-state index in [9.17, 15) is 4.39 Å². The standard InChI is InChI=1S/C10H9ClFN3O/c1-6-10(15-16-14-6)5-13-9-3-2-7(11)4-8(9)12/h2-4,13H,5H2,1H3. The minimum atomic E-state index is -0.401. The molecule has 0 aliphatic carbocycles. The molecule has 1 aromatic heterocycles. The Kier molecular flexibility index (Phi) is 3.05. The van der Waals surface area contributed by atoms with Gasteiger partial charge >= 0.3 is 0 Å². The van der Waals surface area contributed by atoms with Crippen molar-refractivity contribution >= 4 is 17.3 Å². The van der Waals surface area contributed by atoms with Crippen molar-refractivity contribution in [3.05, 3.63) is 40.4 Å². The molecule has 0 unspecified atom stereocenters. The first-order valence-corrected chi connectivity index (χ1v) is 5.01. The van der Waals surface area contributed by atoms with Crippen molar-refractivity contribution in [1.29, 1.82) is 0 Å². The second-order valence-electron chi connectivity index (χ2n) is 3.27. The maximum absolute atomic E-state index is 13.4. The van der Waals surface area contributed by atoms with Gasteiger partial charge in [0.2, 0.25) is 0 Å². The number of benzene rings is 1. The normalized spacial score (nSPS) is 10.4. The zero-order valence-corrected chi connectivity index (χ0v) is 9.25. The van der Waals surface area contributed by atoms with E-state index in [1.165, 1.54) is 6.07 Å². The summed E-state index contributed by atoms with van der Waals surface area (Å²) in [6, 6.07) is 4.43. The summed E-state index contributed by atoms with van der Waals surface area (Å²) in [4.78, 5) is 0. The van der Waals surface area contributed by atoms with E-state index < -0.39 is 5.82 Å². The average Bonchev–Trinajstić information content (AvgIpc) is 2.63. The first-order valence-electron chi connectivity index (χ1n) is 4.64. The van der Waals surface area contributed by atoms with E-state index in [0.717, 1.165) is 0 Å². The van der Waals surface area contributed by atoms with Gasteiger partial charge in [-0.1, -0.05) is 21.9 Å². The quantitative estimate of drug-likeness (QED) is 0.898. The highest BCUT2D eigenvalue weighted by Gasteiger charge is 2.07. The van der Waals surface area contributed by atoms with Crippen LogP contribution in [0.3, 0.4) is 0 Å². The monoisotopic (exact) mass is 241 g/mol. The zero-order valence-electron chi connectivity index (χ0n) is 8.50. The number of hydrogen-bond acceptors (Lipinski definition) is 4. The molecule has 1 heterocycles. The summed E-state index contributed by atoms with van der Waals surface area (Å²) in [6.07, 6.45) is 0. The number of anilines is 1. The van der Waals surface area contributed by atoms with Gasteiger partial charge in [-0.2, -0.15) is 0 Å². The Morgan fingerprint density at radius 3 is 2.88 bits per heavy atom. The zero-order chi connectivity index (χ0) is 11.5. The van der Waals surface area contributed by atoms with Gasteiger partial charge in [0, 0.05) is 5.02 Å². The highest BCUT2D eigenvalue weighted by Crippen LogP contribution is 2.19. The molecular weight excluding hydrogens is 233 g/mol. The number of halogens is 2. The molecule has 2 aromatic rings. The summed E-state index contributed by atoms with van der Waals surface area (Å²) >= 11 is 5.64. The lowest BCUT2D eigenvalue weighted by molar-refractivity contribution is 0.301. The van der Waals surface area contributed by atoms with E-state index in [2.05, 4.69) is 20.3 Å². The topological polar surface area (TPSA) is 51.0 Å². The van der Waals surface area contributed by atoms with Gasteiger partial charge in [-0.15, -0.1) is 0 Å². The summed E-state index contributed by atoms with van der Waals surface area (Å²) in [7, 11) is 0. The smallest absolute Gasteiger partial charge is 0.147 e. The number of aromatic nitrogens is 2.